The summed E-state index contributed by atoms with van der Waals surface area (Å²) in [4.78, 5) is 0. The second-order valence-electron chi connectivity index (χ2n) is 4.10. The lowest BCUT2D eigenvalue weighted by Crippen LogP contribution is -2.30. The molecule has 6 heteroatoms. The smallest absolute Gasteiger partial charge is 0.0704 e. The first kappa shape index (κ1) is 18.8. The molecule has 0 saturated carbocycles. The number of nitrogens with one attached hydrogen (secondary N) is 1. The van der Waals surface area contributed by atoms with Crippen molar-refractivity contribution in [3.05, 3.63) is 0 Å². The summed E-state index contributed by atoms with van der Waals surface area (Å²) in [6, 6.07) is 0. The Kier molecular flexibility index (Phi) is 15.6. The van der Waals surface area contributed by atoms with Gasteiger partial charge in [0.2, 0.25) is 0 Å². The standard InChI is InChI=1S/C13H29NO5/c1-13(12-14-4-5-15-2)19-11-10-18-9-8-17-7-6-16-3/h13-14H,4-12H2,1-3H3. The highest BCUT2D eigenvalue weighted by molar-refractivity contribution is 4.54. The van der Waals surface area contributed by atoms with E-state index in [0.717, 1.165) is 19.7 Å². The molecule has 6 nitrogen and oxygen atoms in total. The molecule has 0 radical (unpaired) electrons. The second kappa shape index (κ2) is 15.8. The van der Waals surface area contributed by atoms with Gasteiger partial charge in [0.25, 0.3) is 0 Å². The SMILES string of the molecule is COCCNCC(C)OCCOCCOCCOC. The predicted molar refractivity (Wildman–Crippen MR) is 73.7 cm³/mol. The molecular weight excluding hydrogens is 250 g/mol. The molecule has 0 aliphatic rings. The summed E-state index contributed by atoms with van der Waals surface area (Å²) in [5, 5.41) is 3.24. The number of hydrogen-bond acceptors (Lipinski definition) is 6. The Morgan fingerprint density at radius 3 is 2.00 bits per heavy atom. The lowest BCUT2D eigenvalue weighted by Gasteiger charge is -2.14. The van der Waals surface area contributed by atoms with Crippen LogP contribution in [0.1, 0.15) is 6.92 Å². The molecule has 0 aromatic rings. The van der Waals surface area contributed by atoms with E-state index in [0.29, 0.717) is 39.6 Å². The van der Waals surface area contributed by atoms with Crippen LogP contribution in [0.5, 0.6) is 0 Å². The van der Waals surface area contributed by atoms with Crippen LogP contribution in [0, 0.1) is 0 Å². The van der Waals surface area contributed by atoms with E-state index in [1.54, 1.807) is 14.2 Å². The summed E-state index contributed by atoms with van der Waals surface area (Å²) >= 11 is 0. The van der Waals surface area contributed by atoms with Crippen molar-refractivity contribution in [3.8, 4) is 0 Å². The van der Waals surface area contributed by atoms with E-state index >= 15 is 0 Å². The van der Waals surface area contributed by atoms with Crippen LogP contribution in [0.3, 0.4) is 0 Å². The largest absolute Gasteiger partial charge is 0.383 e. The highest BCUT2D eigenvalue weighted by atomic mass is 16.6. The molecule has 0 fully saturated rings. The fourth-order valence-corrected chi connectivity index (χ4v) is 1.31. The van der Waals surface area contributed by atoms with Crippen LogP contribution < -0.4 is 5.32 Å². The molecule has 0 aromatic carbocycles. The maximum Gasteiger partial charge on any atom is 0.0704 e. The molecule has 0 saturated heterocycles. The third-order valence-corrected chi connectivity index (χ3v) is 2.35. The van der Waals surface area contributed by atoms with Crippen molar-refractivity contribution >= 4 is 0 Å². The lowest BCUT2D eigenvalue weighted by atomic mass is 10.4. The Labute approximate surface area is 116 Å². The van der Waals surface area contributed by atoms with Crippen molar-refractivity contribution in [2.45, 2.75) is 13.0 Å². The summed E-state index contributed by atoms with van der Waals surface area (Å²) in [5.74, 6) is 0. The highest BCUT2D eigenvalue weighted by Gasteiger charge is 2.00. The predicted octanol–water partition coefficient (Wildman–Crippen LogP) is 0.307. The molecule has 0 rings (SSSR count). The first-order chi connectivity index (χ1) is 9.31. The molecular formula is C13H29NO5. The Hall–Kier alpha value is -0.240. The van der Waals surface area contributed by atoms with Crippen molar-refractivity contribution in [3.63, 3.8) is 0 Å². The van der Waals surface area contributed by atoms with Gasteiger partial charge in [-0.05, 0) is 6.92 Å². The van der Waals surface area contributed by atoms with Gasteiger partial charge in [0.1, 0.15) is 0 Å². The minimum atomic E-state index is 0.179. The quantitative estimate of drug-likeness (QED) is 0.435. The van der Waals surface area contributed by atoms with E-state index < -0.39 is 0 Å². The highest BCUT2D eigenvalue weighted by Crippen LogP contribution is 1.89. The molecule has 0 heterocycles. The fourth-order valence-electron chi connectivity index (χ4n) is 1.31. The van der Waals surface area contributed by atoms with Gasteiger partial charge in [0.05, 0.1) is 52.4 Å². The monoisotopic (exact) mass is 279 g/mol. The molecule has 0 aliphatic heterocycles. The number of methoxy groups -OCH3 is 2. The van der Waals surface area contributed by atoms with Crippen molar-refractivity contribution in [1.29, 1.82) is 0 Å². The Balaban J connectivity index is 3.07. The van der Waals surface area contributed by atoms with Gasteiger partial charge in [0.15, 0.2) is 0 Å². The van der Waals surface area contributed by atoms with E-state index in [4.69, 9.17) is 23.7 Å². The third kappa shape index (κ3) is 15.7. The summed E-state index contributed by atoms with van der Waals surface area (Å²) in [7, 11) is 3.35. The van der Waals surface area contributed by atoms with Gasteiger partial charge in [-0.1, -0.05) is 0 Å². The van der Waals surface area contributed by atoms with Gasteiger partial charge in [-0.2, -0.15) is 0 Å². The number of rotatable bonds is 15. The topological polar surface area (TPSA) is 58.2 Å². The minimum absolute atomic E-state index is 0.179. The average Bonchev–Trinajstić information content (AvgIpc) is 2.42. The van der Waals surface area contributed by atoms with Gasteiger partial charge in [-0.25, -0.2) is 0 Å². The molecule has 0 aromatic heterocycles. The van der Waals surface area contributed by atoms with E-state index in [2.05, 4.69) is 5.32 Å². The van der Waals surface area contributed by atoms with E-state index in [-0.39, 0.29) is 6.10 Å². The zero-order valence-corrected chi connectivity index (χ0v) is 12.5. The van der Waals surface area contributed by atoms with Gasteiger partial charge in [-0.15, -0.1) is 0 Å². The van der Waals surface area contributed by atoms with E-state index in [1.165, 1.54) is 0 Å². The molecule has 0 aliphatic carbocycles. The van der Waals surface area contributed by atoms with Crippen LogP contribution >= 0.6 is 0 Å². The van der Waals surface area contributed by atoms with Crippen LogP contribution in [-0.2, 0) is 23.7 Å². The lowest BCUT2D eigenvalue weighted by molar-refractivity contribution is -0.0117. The van der Waals surface area contributed by atoms with Gasteiger partial charge < -0.3 is 29.0 Å². The molecule has 0 bridgehead atoms. The van der Waals surface area contributed by atoms with Crippen LogP contribution in [-0.4, -0.2) is 79.7 Å². The molecule has 1 N–H and O–H groups in total. The second-order valence-corrected chi connectivity index (χ2v) is 4.10. The van der Waals surface area contributed by atoms with Crippen molar-refractivity contribution in [2.24, 2.45) is 0 Å². The third-order valence-electron chi connectivity index (χ3n) is 2.35. The van der Waals surface area contributed by atoms with Crippen molar-refractivity contribution in [1.82, 2.24) is 5.32 Å². The molecule has 1 atom stereocenters. The summed E-state index contributed by atoms with van der Waals surface area (Å²) in [6.07, 6.45) is 0.179. The van der Waals surface area contributed by atoms with Crippen LogP contribution in [0.15, 0.2) is 0 Å². The van der Waals surface area contributed by atoms with Gasteiger partial charge in [0, 0.05) is 27.3 Å². The van der Waals surface area contributed by atoms with Gasteiger partial charge >= 0.3 is 0 Å². The molecule has 0 spiro atoms. The zero-order valence-electron chi connectivity index (χ0n) is 12.5. The Bertz CT molecular complexity index is 171. The maximum atomic E-state index is 5.58. The fraction of sp³-hybridized carbons (Fsp3) is 1.00. The number of hydrogen-bond donors (Lipinski definition) is 1. The van der Waals surface area contributed by atoms with Crippen molar-refractivity contribution < 1.29 is 23.7 Å². The molecule has 0 amide bonds. The van der Waals surface area contributed by atoms with E-state index in [9.17, 15) is 0 Å². The Morgan fingerprint density at radius 2 is 1.37 bits per heavy atom. The van der Waals surface area contributed by atoms with Crippen LogP contribution in [0.4, 0.5) is 0 Å². The molecule has 116 valence electrons. The summed E-state index contributed by atoms with van der Waals surface area (Å²) in [6.45, 7) is 8.04. The van der Waals surface area contributed by atoms with Crippen LogP contribution in [0.25, 0.3) is 0 Å². The minimum Gasteiger partial charge on any atom is -0.383 e. The van der Waals surface area contributed by atoms with Crippen molar-refractivity contribution in [2.75, 3.05) is 73.6 Å². The van der Waals surface area contributed by atoms with Gasteiger partial charge in [-0.3, -0.25) is 0 Å². The zero-order chi connectivity index (χ0) is 14.2. The first-order valence-corrected chi connectivity index (χ1v) is 6.77. The van der Waals surface area contributed by atoms with Crippen LogP contribution in [0.2, 0.25) is 0 Å². The summed E-state index contributed by atoms with van der Waals surface area (Å²) in [5.41, 5.74) is 0. The summed E-state index contributed by atoms with van der Waals surface area (Å²) < 4.78 is 26.0. The molecule has 1 unspecified atom stereocenters. The number of ether oxygens (including phenoxy) is 5. The average molecular weight is 279 g/mol. The maximum absolute atomic E-state index is 5.58. The molecule has 19 heavy (non-hydrogen) atoms. The Morgan fingerprint density at radius 1 is 0.789 bits per heavy atom. The van der Waals surface area contributed by atoms with E-state index in [1.807, 2.05) is 6.92 Å². The normalized spacial score (nSPS) is 12.8. The first-order valence-electron chi connectivity index (χ1n) is 6.77.